The van der Waals surface area contributed by atoms with Crippen LogP contribution in [0.4, 0.5) is 5.69 Å². The van der Waals surface area contributed by atoms with Crippen LogP contribution in [0, 0.1) is 46.3 Å². The number of hydrogen-bond donors (Lipinski definition) is 4. The number of quaternary nitrogens is 1. The summed E-state index contributed by atoms with van der Waals surface area (Å²) >= 11 is 0. The molecule has 0 bridgehead atoms. The van der Waals surface area contributed by atoms with E-state index in [0.717, 1.165) is 50.6 Å². The second-order valence-corrected chi connectivity index (χ2v) is 14.1. The molecule has 0 aromatic heterocycles. The van der Waals surface area contributed by atoms with Gasteiger partial charge in [0.25, 0.3) is 0 Å². The number of carbonyl (C=O) groups excluding carboxylic acids is 1. The molecule has 11 atom stereocenters. The maximum absolute atomic E-state index is 11.5. The van der Waals surface area contributed by atoms with Gasteiger partial charge in [0, 0.05) is 11.4 Å². The first-order valence-corrected chi connectivity index (χ1v) is 15.5. The molecule has 6 N–H and O–H groups in total. The molecule has 2 aromatic rings. The van der Waals surface area contributed by atoms with Crippen LogP contribution < -0.4 is 10.8 Å². The van der Waals surface area contributed by atoms with Crippen LogP contribution in [-0.2, 0) is 4.79 Å². The number of aliphatic hydroxyl groups excluding tert-OH is 3. The Labute approximate surface area is 239 Å². The lowest BCUT2D eigenvalue weighted by atomic mass is 9.43. The van der Waals surface area contributed by atoms with E-state index < -0.39 is 12.1 Å². The largest absolute Gasteiger partial charge is 0.550 e. The summed E-state index contributed by atoms with van der Waals surface area (Å²) in [5.74, 6) is 0.635. The Kier molecular flexibility index (Phi) is 8.37. The van der Waals surface area contributed by atoms with E-state index in [1.165, 1.54) is 10.8 Å². The summed E-state index contributed by atoms with van der Waals surface area (Å²) in [6.07, 6.45) is 5.72. The van der Waals surface area contributed by atoms with E-state index in [1.54, 1.807) is 0 Å². The van der Waals surface area contributed by atoms with E-state index in [-0.39, 0.29) is 53.1 Å². The summed E-state index contributed by atoms with van der Waals surface area (Å²) in [6, 6.07) is 14.4. The first-order chi connectivity index (χ1) is 19.0. The number of benzene rings is 2. The van der Waals surface area contributed by atoms with Crippen LogP contribution in [-0.4, -0.2) is 39.6 Å². The lowest BCUT2D eigenvalue weighted by Gasteiger charge is -2.63. The highest BCUT2D eigenvalue weighted by Gasteiger charge is 2.65. The van der Waals surface area contributed by atoms with Crippen molar-refractivity contribution in [1.82, 2.24) is 0 Å². The molecular weight excluding hydrogens is 502 g/mol. The third kappa shape index (κ3) is 5.10. The standard InChI is InChI=1S/C24H40O5.C10H9N/c1-13(4-7-21(28)29)16-5-6-17-22-18(12-20(27)24(16,17)3)23(2)9-8-15(25)10-14(23)11-19(22)26;11-10-7-3-5-8-4-1-2-6-9(8)10/h13-20,22,25-27H,4-12H2,1-3H3,(H,28,29);1-7H,11H2. The van der Waals surface area contributed by atoms with Gasteiger partial charge in [0.15, 0.2) is 0 Å². The molecule has 4 saturated carbocycles. The first kappa shape index (κ1) is 29.5. The Morgan fingerprint density at radius 2 is 1.73 bits per heavy atom. The zero-order chi connectivity index (χ0) is 28.8. The van der Waals surface area contributed by atoms with E-state index in [9.17, 15) is 25.2 Å². The van der Waals surface area contributed by atoms with E-state index >= 15 is 0 Å². The molecule has 0 radical (unpaired) electrons. The van der Waals surface area contributed by atoms with Crippen LogP contribution in [0.1, 0.15) is 78.6 Å². The van der Waals surface area contributed by atoms with Crippen LogP contribution >= 0.6 is 0 Å². The van der Waals surface area contributed by atoms with E-state index in [1.807, 2.05) is 24.3 Å². The highest BCUT2D eigenvalue weighted by Crippen LogP contribution is 2.68. The molecule has 0 heterocycles. The fourth-order valence-corrected chi connectivity index (χ4v) is 9.97. The molecule has 6 rings (SSSR count). The minimum atomic E-state index is -0.998. The van der Waals surface area contributed by atoms with Gasteiger partial charge in [-0.3, -0.25) is 0 Å². The predicted octanol–water partition coefficient (Wildman–Crippen LogP) is 3.83. The van der Waals surface area contributed by atoms with Crippen molar-refractivity contribution in [2.45, 2.75) is 96.9 Å². The summed E-state index contributed by atoms with van der Waals surface area (Å²) in [5, 5.41) is 46.4. The number of aliphatic hydroxyl groups is 3. The van der Waals surface area contributed by atoms with Gasteiger partial charge in [-0.25, -0.2) is 0 Å². The quantitative estimate of drug-likeness (QED) is 0.459. The third-order valence-corrected chi connectivity index (χ3v) is 12.2. The van der Waals surface area contributed by atoms with Gasteiger partial charge in [0.2, 0.25) is 0 Å². The van der Waals surface area contributed by atoms with Crippen molar-refractivity contribution < 1.29 is 31.0 Å². The molecule has 2 aromatic carbocycles. The summed E-state index contributed by atoms with van der Waals surface area (Å²) in [7, 11) is 0. The SMILES string of the molecule is CC(CCC(=O)[O-])C1CCC2C3C(O)CC4CC(O)CCC4(C)C3CC(O)C12C.[NH3+]c1cccc2ccccc12. The van der Waals surface area contributed by atoms with E-state index in [0.29, 0.717) is 18.3 Å². The molecule has 11 unspecified atom stereocenters. The second kappa shape index (κ2) is 11.4. The van der Waals surface area contributed by atoms with E-state index in [4.69, 9.17) is 0 Å². The molecule has 4 aliphatic carbocycles. The fourth-order valence-electron chi connectivity index (χ4n) is 9.97. The van der Waals surface area contributed by atoms with Gasteiger partial charge in [0.1, 0.15) is 5.69 Å². The molecule has 220 valence electrons. The molecule has 0 aliphatic heterocycles. The third-order valence-electron chi connectivity index (χ3n) is 12.2. The monoisotopic (exact) mass is 551 g/mol. The number of carbonyl (C=O) groups is 1. The van der Waals surface area contributed by atoms with Crippen molar-refractivity contribution in [3.8, 4) is 0 Å². The predicted molar refractivity (Wildman–Crippen MR) is 154 cm³/mol. The van der Waals surface area contributed by atoms with Crippen molar-refractivity contribution in [3.63, 3.8) is 0 Å². The lowest BCUT2D eigenvalue weighted by molar-refractivity contribution is -0.306. The minimum Gasteiger partial charge on any atom is -0.550 e. The van der Waals surface area contributed by atoms with Crippen molar-refractivity contribution in [3.05, 3.63) is 42.5 Å². The number of rotatable bonds is 4. The first-order valence-electron chi connectivity index (χ1n) is 15.5. The van der Waals surface area contributed by atoms with Gasteiger partial charge in [-0.15, -0.1) is 0 Å². The molecule has 4 fully saturated rings. The van der Waals surface area contributed by atoms with Crippen molar-refractivity contribution in [1.29, 1.82) is 0 Å². The van der Waals surface area contributed by atoms with Gasteiger partial charge in [-0.05, 0) is 122 Å². The molecule has 0 spiro atoms. The number of carboxylic acids is 1. The average Bonchev–Trinajstić information content (AvgIpc) is 3.28. The van der Waals surface area contributed by atoms with Crippen molar-refractivity contribution in [2.75, 3.05) is 0 Å². The van der Waals surface area contributed by atoms with Gasteiger partial charge >= 0.3 is 0 Å². The number of fused-ring (bicyclic) bond motifs is 6. The smallest absolute Gasteiger partial charge is 0.135 e. The molecule has 6 nitrogen and oxygen atoms in total. The highest BCUT2D eigenvalue weighted by molar-refractivity contribution is 5.90. The summed E-state index contributed by atoms with van der Waals surface area (Å²) in [4.78, 5) is 11.0. The Bertz CT molecular complexity index is 1200. The van der Waals surface area contributed by atoms with Gasteiger partial charge < -0.3 is 31.0 Å². The van der Waals surface area contributed by atoms with Crippen molar-refractivity contribution >= 4 is 22.4 Å². The zero-order valence-electron chi connectivity index (χ0n) is 24.5. The van der Waals surface area contributed by atoms with Crippen LogP contribution in [0.5, 0.6) is 0 Å². The van der Waals surface area contributed by atoms with Crippen LogP contribution in [0.3, 0.4) is 0 Å². The summed E-state index contributed by atoms with van der Waals surface area (Å²) in [6.45, 7) is 6.67. The minimum absolute atomic E-state index is 0.0747. The Balaban J connectivity index is 0.000000244. The lowest BCUT2D eigenvalue weighted by Crippen LogP contribution is -2.62. The van der Waals surface area contributed by atoms with Crippen molar-refractivity contribution in [2.24, 2.45) is 46.3 Å². The summed E-state index contributed by atoms with van der Waals surface area (Å²) in [5.41, 5.74) is 4.88. The highest BCUT2D eigenvalue weighted by atomic mass is 16.4. The average molecular weight is 552 g/mol. The molecule has 4 aliphatic rings. The number of aliphatic carboxylic acids is 1. The zero-order valence-corrected chi connectivity index (χ0v) is 24.5. The van der Waals surface area contributed by atoms with Gasteiger partial charge in [-0.1, -0.05) is 51.1 Å². The molecule has 40 heavy (non-hydrogen) atoms. The normalized spacial score (nSPS) is 41.2. The molecule has 0 amide bonds. The summed E-state index contributed by atoms with van der Waals surface area (Å²) < 4.78 is 0. The maximum Gasteiger partial charge on any atom is 0.135 e. The number of hydrogen-bond acceptors (Lipinski definition) is 5. The van der Waals surface area contributed by atoms with Crippen LogP contribution in [0.2, 0.25) is 0 Å². The fraction of sp³-hybridized carbons (Fsp3) is 0.676. The van der Waals surface area contributed by atoms with E-state index in [2.05, 4.69) is 44.7 Å². The molecule has 6 heteroatoms. The van der Waals surface area contributed by atoms with Crippen LogP contribution in [0.15, 0.2) is 42.5 Å². The Morgan fingerprint density at radius 1 is 1.00 bits per heavy atom. The van der Waals surface area contributed by atoms with Gasteiger partial charge in [0.05, 0.1) is 18.3 Å². The van der Waals surface area contributed by atoms with Crippen LogP contribution in [0.25, 0.3) is 10.8 Å². The Morgan fingerprint density at radius 3 is 2.45 bits per heavy atom. The Hall–Kier alpha value is -1.99. The topological polar surface area (TPSA) is 128 Å². The second-order valence-electron chi connectivity index (χ2n) is 14.1. The van der Waals surface area contributed by atoms with Gasteiger partial charge in [-0.2, -0.15) is 0 Å². The molecular formula is C34H49NO5. The molecule has 0 saturated heterocycles. The maximum atomic E-state index is 11.5. The number of carboxylic acid groups (broad SMARTS) is 1.